The van der Waals surface area contributed by atoms with Gasteiger partial charge in [0.1, 0.15) is 11.0 Å². The third kappa shape index (κ3) is 7.81. The van der Waals surface area contributed by atoms with Gasteiger partial charge >= 0.3 is 0 Å². The normalized spacial score (nSPS) is 14.1. The molecule has 2 aromatic heterocycles. The summed E-state index contributed by atoms with van der Waals surface area (Å²) in [6.45, 7) is 4.17. The minimum absolute atomic E-state index is 0.0115. The number of pyridine rings is 1. The summed E-state index contributed by atoms with van der Waals surface area (Å²) in [5.41, 5.74) is 7.27. The molecule has 2 aromatic carbocycles. The highest BCUT2D eigenvalue weighted by atomic mass is 32.2. The summed E-state index contributed by atoms with van der Waals surface area (Å²) in [6.07, 6.45) is 7.10. The Hall–Kier alpha value is -4.47. The molecule has 2 unspecified atom stereocenters. The molecule has 5 rings (SSSR count). The summed E-state index contributed by atoms with van der Waals surface area (Å²) in [5, 5.41) is 11.6. The summed E-state index contributed by atoms with van der Waals surface area (Å²) < 4.78 is 50.5. The van der Waals surface area contributed by atoms with E-state index in [-0.39, 0.29) is 17.5 Å². The van der Waals surface area contributed by atoms with E-state index >= 15 is 0 Å². The first-order chi connectivity index (χ1) is 19.9. The van der Waals surface area contributed by atoms with E-state index in [9.17, 15) is 13.0 Å². The average Bonchev–Trinajstić information content (AvgIpc) is 3.02. The Morgan fingerprint density at radius 3 is 2.41 bits per heavy atom. The average molecular weight is 578 g/mol. The van der Waals surface area contributed by atoms with Crippen molar-refractivity contribution in [3.05, 3.63) is 89.8 Å². The molecule has 1 aliphatic rings. The molecule has 1 fully saturated rings. The Kier molecular flexibility index (Phi) is 10.3. The van der Waals surface area contributed by atoms with E-state index in [4.69, 9.17) is 15.7 Å². The van der Waals surface area contributed by atoms with E-state index in [1.807, 2.05) is 6.07 Å². The van der Waals surface area contributed by atoms with Crippen LogP contribution in [0.15, 0.2) is 67.0 Å². The van der Waals surface area contributed by atoms with Crippen molar-refractivity contribution in [2.75, 3.05) is 23.5 Å². The third-order valence-electron chi connectivity index (χ3n) is 6.22. The Morgan fingerprint density at radius 1 is 1.02 bits per heavy atom. The van der Waals surface area contributed by atoms with Gasteiger partial charge in [-0.3, -0.25) is 0 Å². The predicted molar refractivity (Wildman–Crippen MR) is 154 cm³/mol. The van der Waals surface area contributed by atoms with Gasteiger partial charge in [-0.05, 0) is 80.9 Å². The lowest BCUT2D eigenvalue weighted by molar-refractivity contribution is 0.407. The number of hydrogen-bond acceptors (Lipinski definition) is 8. The molecule has 9 nitrogen and oxygen atoms in total. The number of hydrogen-bond donors (Lipinski definition) is 3. The van der Waals surface area contributed by atoms with E-state index in [1.54, 1.807) is 49.4 Å². The zero-order valence-corrected chi connectivity index (χ0v) is 23.1. The topological polar surface area (TPSA) is 139 Å². The summed E-state index contributed by atoms with van der Waals surface area (Å²) in [5.74, 6) is -2.93. The minimum atomic E-state index is -1.79. The van der Waals surface area contributed by atoms with Gasteiger partial charge < -0.3 is 20.5 Å². The highest BCUT2D eigenvalue weighted by molar-refractivity contribution is 7.86. The molecule has 0 aliphatic carbocycles. The van der Waals surface area contributed by atoms with Crippen LogP contribution in [0.25, 0.3) is 11.3 Å². The van der Waals surface area contributed by atoms with Crippen LogP contribution in [0.5, 0.6) is 11.6 Å². The molecule has 0 bridgehead atoms. The van der Waals surface area contributed by atoms with Gasteiger partial charge in [0, 0.05) is 12.4 Å². The van der Waals surface area contributed by atoms with Gasteiger partial charge in [-0.15, -0.1) is 0 Å². The SMILES string of the molecule is C1CCNCC1.CC(c1ccc(C#N)cc1)S(=O)Nc1ccc(Oc2ncccc2-c2ccnc(N)n2)c(F)c1F. The lowest BCUT2D eigenvalue weighted by Gasteiger charge is -2.15. The van der Waals surface area contributed by atoms with Crippen LogP contribution in [0.3, 0.4) is 0 Å². The number of ether oxygens (including phenoxy) is 1. The van der Waals surface area contributed by atoms with E-state index in [2.05, 4.69) is 25.0 Å². The largest absolute Gasteiger partial charge is 0.435 e. The van der Waals surface area contributed by atoms with Crippen molar-refractivity contribution in [1.29, 1.82) is 5.26 Å². The number of nitriles is 1. The molecule has 2 atom stereocenters. The molecule has 0 saturated carbocycles. The third-order valence-corrected chi connectivity index (χ3v) is 7.56. The Labute approximate surface area is 239 Å². The zero-order valence-electron chi connectivity index (χ0n) is 22.3. The van der Waals surface area contributed by atoms with Crippen molar-refractivity contribution in [3.8, 4) is 29.0 Å². The molecular formula is C29H29F2N7O2S. The van der Waals surface area contributed by atoms with Crippen LogP contribution in [-0.2, 0) is 11.0 Å². The quantitative estimate of drug-likeness (QED) is 0.256. The number of aromatic nitrogens is 3. The van der Waals surface area contributed by atoms with Crippen LogP contribution in [0, 0.1) is 23.0 Å². The highest BCUT2D eigenvalue weighted by Crippen LogP contribution is 2.34. The maximum Gasteiger partial charge on any atom is 0.228 e. The first-order valence-corrected chi connectivity index (χ1v) is 14.2. The summed E-state index contributed by atoms with van der Waals surface area (Å²) >= 11 is 0. The molecule has 41 heavy (non-hydrogen) atoms. The van der Waals surface area contributed by atoms with Crippen molar-refractivity contribution in [2.45, 2.75) is 31.4 Å². The van der Waals surface area contributed by atoms with Gasteiger partial charge in [0.2, 0.25) is 17.6 Å². The monoisotopic (exact) mass is 577 g/mol. The second-order valence-corrected chi connectivity index (χ2v) is 10.6. The molecular weight excluding hydrogens is 548 g/mol. The van der Waals surface area contributed by atoms with Crippen LogP contribution in [0.2, 0.25) is 0 Å². The van der Waals surface area contributed by atoms with Crippen LogP contribution in [0.1, 0.15) is 42.6 Å². The van der Waals surface area contributed by atoms with E-state index < -0.39 is 33.6 Å². The van der Waals surface area contributed by atoms with Gasteiger partial charge in [0.05, 0.1) is 33.8 Å². The number of nitrogen functional groups attached to an aromatic ring is 1. The fourth-order valence-electron chi connectivity index (χ4n) is 3.94. The zero-order chi connectivity index (χ0) is 29.2. The van der Waals surface area contributed by atoms with Crippen LogP contribution in [-0.4, -0.2) is 32.3 Å². The maximum absolute atomic E-state index is 14.9. The molecule has 4 aromatic rings. The second kappa shape index (κ2) is 14.2. The molecule has 212 valence electrons. The lowest BCUT2D eigenvalue weighted by Crippen LogP contribution is -2.21. The van der Waals surface area contributed by atoms with Gasteiger partial charge in [0.15, 0.2) is 11.6 Å². The standard InChI is InChI=1S/C24H18F2N6O2S.C5H11N/c1-14(16-6-4-15(13-27)5-7-16)35(33)32-19-8-9-20(22(26)21(19)25)34-23-17(3-2-11-29-23)18-10-12-30-24(28)31-18;1-2-4-6-5-3-1/h2-12,14,32H,1H3,(H2,28,30,31);6H,1-5H2. The number of nitrogens with two attached hydrogens (primary N) is 1. The fraction of sp³-hybridized carbons (Fsp3) is 0.241. The first-order valence-electron chi connectivity index (χ1n) is 12.9. The number of nitrogens with one attached hydrogen (secondary N) is 2. The number of piperidine rings is 1. The van der Waals surface area contributed by atoms with E-state index in [0.29, 0.717) is 22.4 Å². The molecule has 1 saturated heterocycles. The van der Waals surface area contributed by atoms with Gasteiger partial charge in [0.25, 0.3) is 0 Å². The molecule has 4 N–H and O–H groups in total. The fourth-order valence-corrected chi connectivity index (χ4v) is 4.89. The molecule has 1 aliphatic heterocycles. The maximum atomic E-state index is 14.9. The number of rotatable bonds is 7. The van der Waals surface area contributed by atoms with Gasteiger partial charge in [-0.25, -0.2) is 23.6 Å². The molecule has 12 heteroatoms. The van der Waals surface area contributed by atoms with E-state index in [0.717, 1.165) is 0 Å². The first kappa shape index (κ1) is 29.5. The number of nitrogens with zero attached hydrogens (tertiary/aromatic N) is 4. The van der Waals surface area contributed by atoms with Crippen LogP contribution < -0.4 is 20.5 Å². The van der Waals surface area contributed by atoms with Crippen molar-refractivity contribution < 1.29 is 17.7 Å². The van der Waals surface area contributed by atoms with Gasteiger partial charge in [-0.2, -0.15) is 9.65 Å². The lowest BCUT2D eigenvalue weighted by atomic mass is 10.1. The second-order valence-electron chi connectivity index (χ2n) is 9.08. The minimum Gasteiger partial charge on any atom is -0.435 e. The van der Waals surface area contributed by atoms with Crippen LogP contribution in [0.4, 0.5) is 20.4 Å². The van der Waals surface area contributed by atoms with Crippen molar-refractivity contribution in [1.82, 2.24) is 20.3 Å². The number of halogens is 2. The van der Waals surface area contributed by atoms with Crippen molar-refractivity contribution in [2.24, 2.45) is 0 Å². The summed E-state index contributed by atoms with van der Waals surface area (Å²) in [4.78, 5) is 12.0. The molecule has 0 spiro atoms. The number of benzene rings is 2. The molecule has 0 amide bonds. The smallest absolute Gasteiger partial charge is 0.228 e. The number of anilines is 2. The van der Waals surface area contributed by atoms with E-state index in [1.165, 1.54) is 56.9 Å². The Balaban J connectivity index is 0.000000572. The Morgan fingerprint density at radius 2 is 1.78 bits per heavy atom. The van der Waals surface area contributed by atoms with Gasteiger partial charge in [-0.1, -0.05) is 18.6 Å². The molecule has 0 radical (unpaired) electrons. The summed E-state index contributed by atoms with van der Waals surface area (Å²) in [7, 11) is -1.79. The Bertz CT molecular complexity index is 1530. The predicted octanol–water partition coefficient (Wildman–Crippen LogP) is 5.66. The summed E-state index contributed by atoms with van der Waals surface area (Å²) in [6, 6.07) is 15.8. The highest BCUT2D eigenvalue weighted by Gasteiger charge is 2.21. The van der Waals surface area contributed by atoms with Crippen molar-refractivity contribution in [3.63, 3.8) is 0 Å². The van der Waals surface area contributed by atoms with Crippen LogP contribution >= 0.6 is 0 Å². The molecule has 3 heterocycles. The van der Waals surface area contributed by atoms with Crippen molar-refractivity contribution >= 4 is 22.6 Å².